The molecular weight excluding hydrogens is 354 g/mol. The lowest BCUT2D eigenvalue weighted by Crippen LogP contribution is -2.34. The van der Waals surface area contributed by atoms with Gasteiger partial charge in [0.2, 0.25) is 5.95 Å². The van der Waals surface area contributed by atoms with Gasteiger partial charge in [-0.25, -0.2) is 4.98 Å². The highest BCUT2D eigenvalue weighted by Crippen LogP contribution is 2.23. The fraction of sp³-hybridized carbons (Fsp3) is 0.429. The fourth-order valence-corrected chi connectivity index (χ4v) is 3.82. The summed E-state index contributed by atoms with van der Waals surface area (Å²) in [7, 11) is 5.85. The average Bonchev–Trinajstić information content (AvgIpc) is 3.27. The van der Waals surface area contributed by atoms with Crippen molar-refractivity contribution < 1.29 is 4.42 Å². The zero-order chi connectivity index (χ0) is 19.7. The van der Waals surface area contributed by atoms with Crippen LogP contribution in [0.1, 0.15) is 17.9 Å². The first-order valence-corrected chi connectivity index (χ1v) is 9.65. The number of anilines is 1. The maximum atomic E-state index is 11.9. The summed E-state index contributed by atoms with van der Waals surface area (Å²) < 4.78 is 5.96. The van der Waals surface area contributed by atoms with Gasteiger partial charge in [-0.2, -0.15) is 0 Å². The molecule has 1 aliphatic rings. The van der Waals surface area contributed by atoms with Crippen LogP contribution >= 0.6 is 0 Å². The number of para-hydroxylation sites is 1. The van der Waals surface area contributed by atoms with Crippen LogP contribution in [0.15, 0.2) is 45.6 Å². The van der Waals surface area contributed by atoms with Crippen molar-refractivity contribution in [3.8, 4) is 0 Å². The maximum absolute atomic E-state index is 11.9. The molecule has 1 aliphatic heterocycles. The lowest BCUT2D eigenvalue weighted by molar-refractivity contribution is 0.216. The van der Waals surface area contributed by atoms with Crippen molar-refractivity contribution in [2.45, 2.75) is 25.6 Å². The second-order valence-corrected chi connectivity index (χ2v) is 7.80. The molecule has 0 saturated carbocycles. The first kappa shape index (κ1) is 18.7. The maximum Gasteiger partial charge on any atom is 0.252 e. The highest BCUT2D eigenvalue weighted by Gasteiger charge is 2.26. The number of fused-ring (bicyclic) bond motifs is 1. The molecule has 148 valence electrons. The Labute approximate surface area is 164 Å². The van der Waals surface area contributed by atoms with E-state index >= 15 is 0 Å². The Balaban J connectivity index is 1.37. The Bertz CT molecular complexity index is 976. The molecule has 1 saturated heterocycles. The highest BCUT2D eigenvalue weighted by atomic mass is 16.3. The standard InChI is InChI=1S/C21H27N5O2/c1-24(2)21-22-16(11-20(27)23-21)12-25(3)17-8-9-26(13-17)14-18-10-15-6-4-5-7-19(15)28-18/h4-7,10-11,17H,8-9,12-14H2,1-3H3,(H,22,23,27)/t17-/m1/s1. The number of nitrogens with one attached hydrogen (secondary N) is 1. The number of aromatic amines is 1. The number of furan rings is 1. The minimum absolute atomic E-state index is 0.111. The van der Waals surface area contributed by atoms with Crippen LogP contribution in [0.5, 0.6) is 0 Å². The number of benzene rings is 1. The van der Waals surface area contributed by atoms with Gasteiger partial charge in [0.25, 0.3) is 5.56 Å². The Morgan fingerprint density at radius 3 is 2.86 bits per heavy atom. The SMILES string of the molecule is CN(C)c1nc(CN(C)[C@@H]2CCN(Cc3cc4ccccc4o3)C2)cc(=O)[nH]1. The predicted octanol–water partition coefficient (Wildman–Crippen LogP) is 2.29. The van der Waals surface area contributed by atoms with Crippen molar-refractivity contribution in [1.82, 2.24) is 19.8 Å². The number of rotatable bonds is 6. The second-order valence-electron chi connectivity index (χ2n) is 7.80. The monoisotopic (exact) mass is 381 g/mol. The molecule has 28 heavy (non-hydrogen) atoms. The molecule has 0 bridgehead atoms. The van der Waals surface area contributed by atoms with E-state index in [4.69, 9.17) is 4.42 Å². The van der Waals surface area contributed by atoms with E-state index in [1.54, 1.807) is 6.07 Å². The van der Waals surface area contributed by atoms with Crippen LogP contribution < -0.4 is 10.5 Å². The van der Waals surface area contributed by atoms with Crippen molar-refractivity contribution >= 4 is 16.9 Å². The summed E-state index contributed by atoms with van der Waals surface area (Å²) in [5.41, 5.74) is 1.63. The summed E-state index contributed by atoms with van der Waals surface area (Å²) in [4.78, 5) is 25.7. The summed E-state index contributed by atoms with van der Waals surface area (Å²) in [6.45, 7) is 3.51. The van der Waals surface area contributed by atoms with Gasteiger partial charge in [-0.15, -0.1) is 0 Å². The second kappa shape index (κ2) is 7.77. The fourth-order valence-electron chi connectivity index (χ4n) is 3.82. The van der Waals surface area contributed by atoms with E-state index < -0.39 is 0 Å². The molecule has 0 aliphatic carbocycles. The third-order valence-electron chi connectivity index (χ3n) is 5.34. The largest absolute Gasteiger partial charge is 0.460 e. The van der Waals surface area contributed by atoms with Crippen LogP contribution in [0.4, 0.5) is 5.95 Å². The van der Waals surface area contributed by atoms with Gasteiger partial charge in [-0.3, -0.25) is 19.6 Å². The molecular formula is C21H27N5O2. The number of hydrogen-bond donors (Lipinski definition) is 1. The molecule has 3 heterocycles. The molecule has 1 N–H and O–H groups in total. The van der Waals surface area contributed by atoms with E-state index in [-0.39, 0.29) is 5.56 Å². The van der Waals surface area contributed by atoms with Crippen molar-refractivity contribution in [1.29, 1.82) is 0 Å². The van der Waals surface area contributed by atoms with Crippen LogP contribution in [0.3, 0.4) is 0 Å². The Kier molecular flexibility index (Phi) is 5.19. The van der Waals surface area contributed by atoms with E-state index in [1.807, 2.05) is 37.2 Å². The van der Waals surface area contributed by atoms with Gasteiger partial charge in [0.15, 0.2) is 0 Å². The smallest absolute Gasteiger partial charge is 0.252 e. The lowest BCUT2D eigenvalue weighted by atomic mass is 10.2. The van der Waals surface area contributed by atoms with Crippen LogP contribution in [0.25, 0.3) is 11.0 Å². The van der Waals surface area contributed by atoms with Crippen LogP contribution in [-0.4, -0.2) is 60.0 Å². The summed E-state index contributed by atoms with van der Waals surface area (Å²) in [5, 5.41) is 1.16. The predicted molar refractivity (Wildman–Crippen MR) is 111 cm³/mol. The molecule has 0 amide bonds. The number of nitrogens with zero attached hydrogens (tertiary/aromatic N) is 4. The molecule has 7 nitrogen and oxygen atoms in total. The minimum Gasteiger partial charge on any atom is -0.460 e. The third kappa shape index (κ3) is 4.10. The van der Waals surface area contributed by atoms with E-state index in [1.165, 1.54) is 0 Å². The molecule has 1 aromatic carbocycles. The molecule has 3 aromatic rings. The van der Waals surface area contributed by atoms with Crippen LogP contribution in [0, 0.1) is 0 Å². The van der Waals surface area contributed by atoms with Gasteiger partial charge < -0.3 is 9.32 Å². The summed E-state index contributed by atoms with van der Waals surface area (Å²) >= 11 is 0. The molecule has 0 spiro atoms. The topological polar surface area (TPSA) is 68.6 Å². The summed E-state index contributed by atoms with van der Waals surface area (Å²) in [6.07, 6.45) is 1.10. The molecule has 0 radical (unpaired) electrons. The molecule has 2 aromatic heterocycles. The minimum atomic E-state index is -0.111. The molecule has 4 rings (SSSR count). The lowest BCUT2D eigenvalue weighted by Gasteiger charge is -2.24. The Morgan fingerprint density at radius 1 is 1.25 bits per heavy atom. The number of hydrogen-bond acceptors (Lipinski definition) is 6. The third-order valence-corrected chi connectivity index (χ3v) is 5.34. The summed E-state index contributed by atoms with van der Waals surface area (Å²) in [6, 6.07) is 12.3. The first-order chi connectivity index (χ1) is 13.5. The highest BCUT2D eigenvalue weighted by molar-refractivity contribution is 5.77. The molecule has 0 unspecified atom stereocenters. The normalized spacial score (nSPS) is 17.6. The van der Waals surface area contributed by atoms with Gasteiger partial charge in [0, 0.05) is 51.2 Å². The van der Waals surface area contributed by atoms with Crippen molar-refractivity contribution in [3.63, 3.8) is 0 Å². The quantitative estimate of drug-likeness (QED) is 0.707. The average molecular weight is 381 g/mol. The number of H-pyrrole nitrogens is 1. The molecule has 1 fully saturated rings. The zero-order valence-corrected chi connectivity index (χ0v) is 16.7. The number of likely N-dealkylation sites (N-methyl/N-ethyl adjacent to an activating group) is 1. The first-order valence-electron chi connectivity index (χ1n) is 9.65. The Morgan fingerprint density at radius 2 is 2.07 bits per heavy atom. The van der Waals surface area contributed by atoms with Crippen LogP contribution in [-0.2, 0) is 13.1 Å². The van der Waals surface area contributed by atoms with E-state index in [2.05, 4.69) is 38.9 Å². The van der Waals surface area contributed by atoms with Gasteiger partial charge in [-0.05, 0) is 25.6 Å². The van der Waals surface area contributed by atoms with E-state index in [0.29, 0.717) is 18.5 Å². The zero-order valence-electron chi connectivity index (χ0n) is 16.7. The summed E-state index contributed by atoms with van der Waals surface area (Å²) in [5.74, 6) is 1.60. The number of likely N-dealkylation sites (tertiary alicyclic amines) is 1. The van der Waals surface area contributed by atoms with Gasteiger partial charge in [0.05, 0.1) is 12.2 Å². The van der Waals surface area contributed by atoms with Gasteiger partial charge >= 0.3 is 0 Å². The number of aromatic nitrogens is 2. The van der Waals surface area contributed by atoms with E-state index in [9.17, 15) is 4.79 Å². The van der Waals surface area contributed by atoms with Crippen molar-refractivity contribution in [3.05, 3.63) is 58.2 Å². The molecule has 1 atom stereocenters. The van der Waals surface area contributed by atoms with E-state index in [0.717, 1.165) is 48.5 Å². The van der Waals surface area contributed by atoms with Gasteiger partial charge in [0.1, 0.15) is 11.3 Å². The van der Waals surface area contributed by atoms with Gasteiger partial charge in [-0.1, -0.05) is 18.2 Å². The Hall–Kier alpha value is -2.64. The molecule has 7 heteroatoms. The van der Waals surface area contributed by atoms with Crippen molar-refractivity contribution in [2.75, 3.05) is 39.1 Å². The van der Waals surface area contributed by atoms with Crippen molar-refractivity contribution in [2.24, 2.45) is 0 Å². The van der Waals surface area contributed by atoms with Crippen LogP contribution in [0.2, 0.25) is 0 Å².